The molecule has 0 heterocycles. The van der Waals surface area contributed by atoms with Gasteiger partial charge >= 0.3 is 11.9 Å². The summed E-state index contributed by atoms with van der Waals surface area (Å²) < 4.78 is 14.3. The first-order valence-electron chi connectivity index (χ1n) is 7.02. The van der Waals surface area contributed by atoms with Gasteiger partial charge in [-0.2, -0.15) is 0 Å². The van der Waals surface area contributed by atoms with Crippen molar-refractivity contribution in [3.63, 3.8) is 0 Å². The molecule has 0 atom stereocenters. The molecule has 2 aromatic rings. The average molecular weight is 348 g/mol. The Labute approximate surface area is 144 Å². The van der Waals surface area contributed by atoms with E-state index in [1.54, 1.807) is 12.1 Å². The van der Waals surface area contributed by atoms with Crippen molar-refractivity contribution >= 4 is 23.3 Å². The molecule has 0 radical (unpaired) electrons. The first kappa shape index (κ1) is 19.6. The van der Waals surface area contributed by atoms with E-state index in [4.69, 9.17) is 26.0 Å². The molecule has 0 aliphatic rings. The number of hydrogen-bond donors (Lipinski definition) is 3. The molecular weight excluding hydrogens is 328 g/mol. The zero-order valence-corrected chi connectivity index (χ0v) is 14.1. The quantitative estimate of drug-likeness (QED) is 0.564. The van der Waals surface area contributed by atoms with Crippen LogP contribution in [0.2, 0.25) is 0 Å². The zero-order valence-electron chi connectivity index (χ0n) is 14.1. The molecule has 25 heavy (non-hydrogen) atoms. The first-order valence-corrected chi connectivity index (χ1v) is 7.02. The van der Waals surface area contributed by atoms with Crippen LogP contribution in [0, 0.1) is 0 Å². The predicted molar refractivity (Wildman–Crippen MR) is 93.1 cm³/mol. The van der Waals surface area contributed by atoms with Crippen LogP contribution in [0.15, 0.2) is 36.4 Å². The van der Waals surface area contributed by atoms with Crippen LogP contribution in [0.5, 0.6) is 11.5 Å². The number of benzene rings is 2. The van der Waals surface area contributed by atoms with Crippen LogP contribution in [0.4, 0.5) is 11.4 Å². The number of ether oxygens (including phenoxy) is 3. The number of methoxy groups -OCH3 is 3. The molecule has 0 fully saturated rings. The number of carboxylic acid groups (broad SMARTS) is 1. The van der Waals surface area contributed by atoms with Crippen molar-refractivity contribution in [3.8, 4) is 11.5 Å². The Morgan fingerprint density at radius 2 is 1.28 bits per heavy atom. The fraction of sp³-hybridized carbons (Fsp3) is 0.176. The van der Waals surface area contributed by atoms with E-state index in [0.717, 1.165) is 0 Å². The average Bonchev–Trinajstić information content (AvgIpc) is 2.61. The van der Waals surface area contributed by atoms with Crippen LogP contribution < -0.4 is 20.9 Å². The lowest BCUT2D eigenvalue weighted by Crippen LogP contribution is -2.02. The van der Waals surface area contributed by atoms with Gasteiger partial charge in [0.25, 0.3) is 0 Å². The maximum absolute atomic E-state index is 11.0. The van der Waals surface area contributed by atoms with Crippen molar-refractivity contribution in [1.29, 1.82) is 0 Å². The monoisotopic (exact) mass is 348 g/mol. The summed E-state index contributed by atoms with van der Waals surface area (Å²) in [7, 11) is 4.32. The van der Waals surface area contributed by atoms with Gasteiger partial charge in [-0.05, 0) is 36.4 Å². The topological polar surface area (TPSA) is 134 Å². The van der Waals surface area contributed by atoms with E-state index in [1.165, 1.54) is 45.6 Å². The minimum absolute atomic E-state index is 0.160. The fourth-order valence-electron chi connectivity index (χ4n) is 1.85. The van der Waals surface area contributed by atoms with Crippen LogP contribution in [0.25, 0.3) is 0 Å². The molecule has 5 N–H and O–H groups in total. The lowest BCUT2D eigenvalue weighted by molar-refractivity contribution is 0.0600. The van der Waals surface area contributed by atoms with Crippen LogP contribution in [0.1, 0.15) is 20.7 Å². The van der Waals surface area contributed by atoms with Gasteiger partial charge in [0.15, 0.2) is 0 Å². The summed E-state index contributed by atoms with van der Waals surface area (Å²) >= 11 is 0. The minimum atomic E-state index is -0.996. The summed E-state index contributed by atoms with van der Waals surface area (Å²) in [5, 5.41) is 8.58. The van der Waals surface area contributed by atoms with Crippen molar-refractivity contribution in [1.82, 2.24) is 0 Å². The van der Waals surface area contributed by atoms with Crippen LogP contribution in [0.3, 0.4) is 0 Å². The summed E-state index contributed by atoms with van der Waals surface area (Å²) in [5.74, 6) is -0.369. The molecular formula is C17H20N2O6. The van der Waals surface area contributed by atoms with Crippen LogP contribution >= 0.6 is 0 Å². The third-order valence-electron chi connectivity index (χ3n) is 3.13. The molecule has 0 aliphatic heterocycles. The van der Waals surface area contributed by atoms with E-state index in [1.807, 2.05) is 0 Å². The fourth-order valence-corrected chi connectivity index (χ4v) is 1.85. The maximum atomic E-state index is 11.0. The van der Waals surface area contributed by atoms with E-state index in [9.17, 15) is 9.59 Å². The number of esters is 1. The number of rotatable bonds is 4. The molecule has 0 saturated carbocycles. The number of hydrogen-bond acceptors (Lipinski definition) is 7. The van der Waals surface area contributed by atoms with Gasteiger partial charge in [0, 0.05) is 0 Å². The summed E-state index contributed by atoms with van der Waals surface area (Å²) in [6.45, 7) is 0. The number of carboxylic acids is 1. The van der Waals surface area contributed by atoms with E-state index >= 15 is 0 Å². The Balaban J connectivity index is 0.000000251. The molecule has 0 bridgehead atoms. The molecule has 8 heteroatoms. The molecule has 0 aliphatic carbocycles. The normalized spacial score (nSPS) is 9.40. The SMILES string of the molecule is COC(=O)c1ccc(OC)c(N)c1.COc1ccc(C(=O)O)cc1N. The van der Waals surface area contributed by atoms with Gasteiger partial charge in [-0.25, -0.2) is 9.59 Å². The second-order valence-corrected chi connectivity index (χ2v) is 4.71. The van der Waals surface area contributed by atoms with Crippen molar-refractivity contribution in [2.75, 3.05) is 32.8 Å². The Hall–Kier alpha value is -3.42. The highest BCUT2D eigenvalue weighted by Crippen LogP contribution is 2.22. The number of nitrogen functional groups attached to an aromatic ring is 2. The lowest BCUT2D eigenvalue weighted by Gasteiger charge is -2.05. The number of carbonyl (C=O) groups is 2. The first-order chi connectivity index (χ1) is 11.8. The summed E-state index contributed by atoms with van der Waals surface area (Å²) in [6, 6.07) is 9.07. The summed E-state index contributed by atoms with van der Waals surface area (Å²) in [4.78, 5) is 21.5. The third-order valence-corrected chi connectivity index (χ3v) is 3.13. The van der Waals surface area contributed by atoms with Gasteiger partial charge in [0.05, 0.1) is 43.8 Å². The highest BCUT2D eigenvalue weighted by Gasteiger charge is 2.07. The highest BCUT2D eigenvalue weighted by molar-refractivity contribution is 5.91. The molecule has 8 nitrogen and oxygen atoms in total. The largest absolute Gasteiger partial charge is 0.495 e. The molecule has 0 unspecified atom stereocenters. The van der Waals surface area contributed by atoms with Gasteiger partial charge in [-0.3, -0.25) is 0 Å². The van der Waals surface area contributed by atoms with E-state index in [2.05, 4.69) is 4.74 Å². The Morgan fingerprint density at radius 1 is 0.840 bits per heavy atom. The van der Waals surface area contributed by atoms with Crippen molar-refractivity contribution < 1.29 is 28.9 Å². The molecule has 0 saturated heterocycles. The lowest BCUT2D eigenvalue weighted by atomic mass is 10.2. The van der Waals surface area contributed by atoms with Crippen LogP contribution in [-0.2, 0) is 4.74 Å². The smallest absolute Gasteiger partial charge is 0.337 e. The highest BCUT2D eigenvalue weighted by atomic mass is 16.5. The van der Waals surface area contributed by atoms with Crippen LogP contribution in [-0.4, -0.2) is 38.4 Å². The Kier molecular flexibility index (Phi) is 7.08. The second kappa shape index (κ2) is 9.02. The van der Waals surface area contributed by atoms with Gasteiger partial charge in [0.1, 0.15) is 11.5 Å². The molecule has 2 rings (SSSR count). The summed E-state index contributed by atoms with van der Waals surface area (Å²) in [6.07, 6.45) is 0. The van der Waals surface area contributed by atoms with E-state index in [0.29, 0.717) is 28.4 Å². The van der Waals surface area contributed by atoms with Crippen molar-refractivity contribution in [3.05, 3.63) is 47.5 Å². The van der Waals surface area contributed by atoms with Gasteiger partial charge < -0.3 is 30.8 Å². The standard InChI is InChI=1S/C9H11NO3.C8H9NO3/c1-12-8-4-3-6(5-7(8)10)9(11)13-2;1-12-7-3-2-5(8(10)11)4-6(7)9/h3-5H,10H2,1-2H3;2-4H,9H2,1H3,(H,10,11). The van der Waals surface area contributed by atoms with E-state index in [-0.39, 0.29) is 5.56 Å². The number of carbonyl (C=O) groups excluding carboxylic acids is 1. The molecule has 134 valence electrons. The van der Waals surface area contributed by atoms with E-state index < -0.39 is 11.9 Å². The molecule has 0 aromatic heterocycles. The maximum Gasteiger partial charge on any atom is 0.337 e. The van der Waals surface area contributed by atoms with Gasteiger partial charge in [-0.1, -0.05) is 0 Å². The number of anilines is 2. The number of nitrogens with two attached hydrogens (primary N) is 2. The molecule has 0 spiro atoms. The minimum Gasteiger partial charge on any atom is -0.495 e. The van der Waals surface area contributed by atoms with Crippen molar-refractivity contribution in [2.45, 2.75) is 0 Å². The third kappa shape index (κ3) is 5.31. The zero-order chi connectivity index (χ0) is 19.0. The molecule has 2 aromatic carbocycles. The molecule has 0 amide bonds. The number of aromatic carboxylic acids is 1. The Morgan fingerprint density at radius 3 is 1.64 bits per heavy atom. The predicted octanol–water partition coefficient (Wildman–Crippen LogP) is 2.04. The van der Waals surface area contributed by atoms with Gasteiger partial charge in [-0.15, -0.1) is 0 Å². The second-order valence-electron chi connectivity index (χ2n) is 4.71. The Bertz CT molecular complexity index is 761. The van der Waals surface area contributed by atoms with Crippen molar-refractivity contribution in [2.24, 2.45) is 0 Å². The summed E-state index contributed by atoms with van der Waals surface area (Å²) in [5.41, 5.74) is 12.4. The van der Waals surface area contributed by atoms with Gasteiger partial charge in [0.2, 0.25) is 0 Å².